The van der Waals surface area contributed by atoms with Gasteiger partial charge in [0.25, 0.3) is 0 Å². The lowest BCUT2D eigenvalue weighted by molar-refractivity contribution is 0.00145. The molecule has 0 aliphatic rings. The number of hydrogen-bond acceptors (Lipinski definition) is 5. The van der Waals surface area contributed by atoms with Crippen LogP contribution in [0.2, 0.25) is 0 Å². The molecule has 0 unspecified atom stereocenters. The quantitative estimate of drug-likeness (QED) is 0.488. The monoisotopic (exact) mass is 260 g/mol. The van der Waals surface area contributed by atoms with Crippen LogP contribution >= 0.6 is 7.82 Å². The molecule has 0 aromatic carbocycles. The Morgan fingerprint density at radius 2 is 1.33 bits per heavy atom. The SMILES string of the molecule is CCO[Si](OCC)(OCC)OP(=O)(O)O. The molecule has 0 atom stereocenters. The van der Waals surface area contributed by atoms with Gasteiger partial charge in [0.05, 0.1) is 0 Å². The summed E-state index contributed by atoms with van der Waals surface area (Å²) in [6.07, 6.45) is 0. The van der Waals surface area contributed by atoms with Crippen molar-refractivity contribution < 1.29 is 31.8 Å². The van der Waals surface area contributed by atoms with Crippen LogP contribution in [0.15, 0.2) is 0 Å². The van der Waals surface area contributed by atoms with Gasteiger partial charge in [-0.3, -0.25) is 4.21 Å². The van der Waals surface area contributed by atoms with Crippen molar-refractivity contribution in [1.82, 2.24) is 0 Å². The highest BCUT2D eigenvalue weighted by Gasteiger charge is 2.50. The van der Waals surface area contributed by atoms with E-state index >= 15 is 0 Å². The van der Waals surface area contributed by atoms with Crippen molar-refractivity contribution in [2.45, 2.75) is 20.8 Å². The predicted molar refractivity (Wildman–Crippen MR) is 53.8 cm³/mol. The Morgan fingerprint density at radius 3 is 1.53 bits per heavy atom. The van der Waals surface area contributed by atoms with E-state index in [-0.39, 0.29) is 19.8 Å². The molecule has 15 heavy (non-hydrogen) atoms. The third kappa shape index (κ3) is 6.39. The first-order valence-corrected chi connectivity index (χ1v) is 7.73. The summed E-state index contributed by atoms with van der Waals surface area (Å²) < 4.78 is 30.4. The van der Waals surface area contributed by atoms with Gasteiger partial charge in [-0.1, -0.05) is 0 Å². The second-order valence-electron chi connectivity index (χ2n) is 2.38. The molecule has 0 aromatic heterocycles. The third-order valence-electron chi connectivity index (χ3n) is 1.19. The van der Waals surface area contributed by atoms with Gasteiger partial charge in [-0.15, -0.1) is 0 Å². The molecule has 0 fully saturated rings. The van der Waals surface area contributed by atoms with Crippen LogP contribution in [-0.4, -0.2) is 38.7 Å². The summed E-state index contributed by atoms with van der Waals surface area (Å²) >= 11 is 0. The average Bonchev–Trinajstić information content (AvgIpc) is 2.01. The normalized spacial score (nSPS) is 13.1. The smallest absolute Gasteiger partial charge is 0.351 e. The standard InChI is InChI=1S/C6H17O7PSi/c1-4-10-15(11-5-2,12-6-3)13-14(7,8)9/h4-6H2,1-3H3,(H2,7,8,9). The molecule has 0 heterocycles. The Labute approximate surface area is 90.0 Å². The highest BCUT2D eigenvalue weighted by atomic mass is 31.2. The summed E-state index contributed by atoms with van der Waals surface area (Å²) in [5.41, 5.74) is 0. The van der Waals surface area contributed by atoms with Crippen molar-refractivity contribution in [2.75, 3.05) is 19.8 Å². The van der Waals surface area contributed by atoms with E-state index in [1.165, 1.54) is 0 Å². The lowest BCUT2D eigenvalue weighted by Crippen LogP contribution is -2.48. The molecule has 0 saturated heterocycles. The number of phosphoric acid groups is 1. The first-order chi connectivity index (χ1) is 6.89. The van der Waals surface area contributed by atoms with Gasteiger partial charge < -0.3 is 23.1 Å². The molecule has 9 heteroatoms. The Hall–Kier alpha value is 0.207. The molecule has 2 N–H and O–H groups in total. The zero-order chi connectivity index (χ0) is 11.9. The second-order valence-corrected chi connectivity index (χ2v) is 5.96. The van der Waals surface area contributed by atoms with Gasteiger partial charge in [-0.2, -0.15) is 0 Å². The average molecular weight is 260 g/mol. The van der Waals surface area contributed by atoms with Crippen molar-refractivity contribution >= 4 is 16.9 Å². The van der Waals surface area contributed by atoms with E-state index in [2.05, 4.69) is 4.21 Å². The van der Waals surface area contributed by atoms with E-state index in [9.17, 15) is 4.57 Å². The molecule has 7 nitrogen and oxygen atoms in total. The topological polar surface area (TPSA) is 94.5 Å². The largest absolute Gasteiger partial charge is 0.688 e. The summed E-state index contributed by atoms with van der Waals surface area (Å²) in [7, 11) is -8.38. The maximum Gasteiger partial charge on any atom is 0.688 e. The van der Waals surface area contributed by atoms with Gasteiger partial charge in [0.1, 0.15) is 0 Å². The summed E-state index contributed by atoms with van der Waals surface area (Å²) in [5, 5.41) is 0. The van der Waals surface area contributed by atoms with Crippen LogP contribution in [-0.2, 0) is 22.1 Å². The lowest BCUT2D eigenvalue weighted by Gasteiger charge is -2.26. The van der Waals surface area contributed by atoms with Crippen LogP contribution < -0.4 is 0 Å². The fraction of sp³-hybridized carbons (Fsp3) is 1.00. The van der Waals surface area contributed by atoms with Gasteiger partial charge in [0.2, 0.25) is 0 Å². The van der Waals surface area contributed by atoms with Gasteiger partial charge in [0, 0.05) is 19.8 Å². The third-order valence-corrected chi connectivity index (χ3v) is 4.97. The Bertz CT molecular complexity index is 201. The second kappa shape index (κ2) is 6.72. The van der Waals surface area contributed by atoms with Crippen molar-refractivity contribution in [3.63, 3.8) is 0 Å². The molecule has 0 saturated carbocycles. The fourth-order valence-electron chi connectivity index (χ4n) is 0.880. The van der Waals surface area contributed by atoms with E-state index < -0.39 is 16.9 Å². The predicted octanol–water partition coefficient (Wildman–Crippen LogP) is 0.641. The lowest BCUT2D eigenvalue weighted by atomic mass is 10.9. The minimum atomic E-state index is -4.69. The zero-order valence-corrected chi connectivity index (χ0v) is 10.9. The summed E-state index contributed by atoms with van der Waals surface area (Å²) in [6.45, 7) is 5.53. The Kier molecular flexibility index (Phi) is 6.81. The summed E-state index contributed by atoms with van der Waals surface area (Å²) in [6, 6.07) is 0. The van der Waals surface area contributed by atoms with Gasteiger partial charge in [0.15, 0.2) is 0 Å². The molecule has 0 amide bonds. The Balaban J connectivity index is 4.67. The van der Waals surface area contributed by atoms with Crippen molar-refractivity contribution in [2.24, 2.45) is 0 Å². The highest BCUT2D eigenvalue weighted by molar-refractivity contribution is 7.47. The summed E-state index contributed by atoms with van der Waals surface area (Å²) in [4.78, 5) is 17.4. The first-order valence-electron chi connectivity index (χ1n) is 4.57. The molecule has 0 aromatic rings. The fourth-order valence-corrected chi connectivity index (χ4v) is 3.99. The molecule has 0 rings (SSSR count). The van der Waals surface area contributed by atoms with Crippen molar-refractivity contribution in [3.05, 3.63) is 0 Å². The van der Waals surface area contributed by atoms with E-state index in [4.69, 9.17) is 23.1 Å². The van der Waals surface area contributed by atoms with Crippen molar-refractivity contribution in [3.8, 4) is 0 Å². The van der Waals surface area contributed by atoms with E-state index in [0.717, 1.165) is 0 Å². The molecule has 0 bridgehead atoms. The molecule has 0 aliphatic carbocycles. The van der Waals surface area contributed by atoms with Gasteiger partial charge in [-0.05, 0) is 20.8 Å². The minimum Gasteiger partial charge on any atom is -0.351 e. The van der Waals surface area contributed by atoms with Crippen LogP contribution in [0.4, 0.5) is 0 Å². The van der Waals surface area contributed by atoms with Gasteiger partial charge in [-0.25, -0.2) is 4.57 Å². The molecular formula is C6H17O7PSi. The molecule has 0 aliphatic heterocycles. The maximum absolute atomic E-state index is 10.7. The zero-order valence-electron chi connectivity index (χ0n) is 9.00. The van der Waals surface area contributed by atoms with Crippen LogP contribution in [0.1, 0.15) is 20.8 Å². The Morgan fingerprint density at radius 1 is 1.00 bits per heavy atom. The van der Waals surface area contributed by atoms with Crippen molar-refractivity contribution in [1.29, 1.82) is 0 Å². The highest BCUT2D eigenvalue weighted by Crippen LogP contribution is 2.40. The number of hydrogen-bond donors (Lipinski definition) is 2. The van der Waals surface area contributed by atoms with Crippen LogP contribution in [0.5, 0.6) is 0 Å². The maximum atomic E-state index is 10.7. The van der Waals surface area contributed by atoms with Crippen LogP contribution in [0.3, 0.4) is 0 Å². The summed E-state index contributed by atoms with van der Waals surface area (Å²) in [5.74, 6) is 0. The molecule has 0 radical (unpaired) electrons. The van der Waals surface area contributed by atoms with E-state index in [1.807, 2.05) is 0 Å². The van der Waals surface area contributed by atoms with Crippen LogP contribution in [0, 0.1) is 0 Å². The first kappa shape index (κ1) is 15.2. The molecular weight excluding hydrogens is 243 g/mol. The molecule has 92 valence electrons. The van der Waals surface area contributed by atoms with Crippen LogP contribution in [0.25, 0.3) is 0 Å². The van der Waals surface area contributed by atoms with E-state index in [0.29, 0.717) is 0 Å². The number of rotatable bonds is 8. The minimum absolute atomic E-state index is 0.187. The van der Waals surface area contributed by atoms with E-state index in [1.54, 1.807) is 20.8 Å². The molecule has 0 spiro atoms. The van der Waals surface area contributed by atoms with Gasteiger partial charge >= 0.3 is 16.9 Å².